The van der Waals surface area contributed by atoms with Crippen LogP contribution in [0.15, 0.2) is 11.4 Å². The van der Waals surface area contributed by atoms with E-state index in [0.29, 0.717) is 6.42 Å². The number of ether oxygens (including phenoxy) is 1. The second-order valence-electron chi connectivity index (χ2n) is 3.93. The van der Waals surface area contributed by atoms with Gasteiger partial charge in [-0.2, -0.15) is 12.7 Å². The van der Waals surface area contributed by atoms with Crippen molar-refractivity contribution in [3.05, 3.63) is 21.9 Å². The van der Waals surface area contributed by atoms with Crippen LogP contribution in [0.4, 0.5) is 4.79 Å². The number of nitrogens with zero attached hydrogens (tertiary/aromatic N) is 1. The number of methoxy groups -OCH3 is 1. The fourth-order valence-corrected chi connectivity index (χ4v) is 2.99. The van der Waals surface area contributed by atoms with Crippen molar-refractivity contribution in [2.24, 2.45) is 0 Å². The summed E-state index contributed by atoms with van der Waals surface area (Å²) in [6.45, 7) is 0.114. The number of hydrogen-bond acceptors (Lipinski definition) is 6. The molecule has 1 heterocycles. The van der Waals surface area contributed by atoms with Gasteiger partial charge in [-0.3, -0.25) is 0 Å². The summed E-state index contributed by atoms with van der Waals surface area (Å²) < 4.78 is 30.6. The Labute approximate surface area is 127 Å². The highest BCUT2D eigenvalue weighted by molar-refractivity contribution is 7.87. The number of carbonyl (C=O) groups excluding carboxylic acids is 1. The molecule has 0 radical (unpaired) electrons. The largest absolute Gasteiger partial charge is 0.452 e. The lowest BCUT2D eigenvalue weighted by Crippen LogP contribution is -2.40. The highest BCUT2D eigenvalue weighted by Crippen LogP contribution is 2.16. The van der Waals surface area contributed by atoms with Crippen LogP contribution in [-0.4, -0.2) is 44.7 Å². The molecule has 2 N–H and O–H groups in total. The van der Waals surface area contributed by atoms with Crippen molar-refractivity contribution in [2.75, 3.05) is 20.8 Å². The molecule has 0 saturated heterocycles. The average Bonchev–Trinajstić information content (AvgIpc) is 2.86. The first-order valence-corrected chi connectivity index (χ1v) is 8.20. The Hall–Kier alpha value is -1.60. The summed E-state index contributed by atoms with van der Waals surface area (Å²) in [5.41, 5.74) is 0.759. The molecule has 1 aromatic rings. The van der Waals surface area contributed by atoms with Crippen LogP contribution in [0, 0.1) is 11.8 Å². The lowest BCUT2D eigenvalue weighted by Gasteiger charge is -2.15. The summed E-state index contributed by atoms with van der Waals surface area (Å²) in [7, 11) is -1.50. The maximum atomic E-state index is 11.8. The predicted octanol–water partition coefficient (Wildman–Crippen LogP) is 0.515. The van der Waals surface area contributed by atoms with Gasteiger partial charge in [0, 0.05) is 35.8 Å². The molecule has 0 atom stereocenters. The van der Waals surface area contributed by atoms with E-state index in [0.717, 1.165) is 21.9 Å². The van der Waals surface area contributed by atoms with Crippen molar-refractivity contribution in [2.45, 2.75) is 13.0 Å². The Morgan fingerprint density at radius 1 is 1.57 bits per heavy atom. The van der Waals surface area contributed by atoms with Gasteiger partial charge in [-0.15, -0.1) is 11.3 Å². The molecule has 0 unspecified atom stereocenters. The Balaban J connectivity index is 2.69. The summed E-state index contributed by atoms with van der Waals surface area (Å²) >= 11 is 1.36. The number of aliphatic hydroxyl groups is 1. The molecule has 0 aliphatic heterocycles. The van der Waals surface area contributed by atoms with Crippen LogP contribution in [0.5, 0.6) is 0 Å². The average molecular weight is 332 g/mol. The molecule has 1 rings (SSSR count). The number of aliphatic hydroxyl groups excluding tert-OH is 1. The van der Waals surface area contributed by atoms with Gasteiger partial charge in [-0.1, -0.05) is 11.8 Å². The highest BCUT2D eigenvalue weighted by atomic mass is 32.2. The Bertz CT molecular complexity index is 642. The summed E-state index contributed by atoms with van der Waals surface area (Å²) in [6, 6.07) is 1.76. The van der Waals surface area contributed by atoms with Gasteiger partial charge in [-0.05, 0) is 6.07 Å². The quantitative estimate of drug-likeness (QED) is 0.766. The second kappa shape index (κ2) is 7.99. The molecule has 0 aromatic carbocycles. The van der Waals surface area contributed by atoms with Gasteiger partial charge in [0.15, 0.2) is 0 Å². The molecule has 9 heteroatoms. The van der Waals surface area contributed by atoms with Gasteiger partial charge >= 0.3 is 16.3 Å². The zero-order chi connectivity index (χ0) is 15.9. The molecule has 0 spiro atoms. The molecule has 0 aliphatic carbocycles. The standard InChI is InChI=1S/C12H16N2O5S2/c1-14(21(17,18)13-12(16)19-2)8-11-7-10(9-20-11)5-3-4-6-15/h7,9,15H,4,6,8H2,1-2H3,(H,13,16). The zero-order valence-electron chi connectivity index (χ0n) is 11.6. The Morgan fingerprint density at radius 3 is 2.90 bits per heavy atom. The van der Waals surface area contributed by atoms with E-state index in [-0.39, 0.29) is 13.2 Å². The SMILES string of the molecule is COC(=O)NS(=O)(=O)N(C)Cc1cc(C#CCCO)cs1. The molecule has 21 heavy (non-hydrogen) atoms. The summed E-state index contributed by atoms with van der Waals surface area (Å²) in [5, 5.41) is 10.4. The Kier molecular flexibility index (Phi) is 6.64. The zero-order valence-corrected chi connectivity index (χ0v) is 13.3. The molecule has 0 bridgehead atoms. The number of thiophene rings is 1. The molecule has 7 nitrogen and oxygen atoms in total. The minimum absolute atomic E-state index is 0.00414. The first-order valence-electron chi connectivity index (χ1n) is 5.88. The normalized spacial score (nSPS) is 10.9. The van der Waals surface area contributed by atoms with Gasteiger partial charge in [0.1, 0.15) is 0 Å². The number of carbonyl (C=O) groups is 1. The first kappa shape index (κ1) is 17.5. The van der Waals surface area contributed by atoms with Crippen LogP contribution in [0.1, 0.15) is 16.9 Å². The van der Waals surface area contributed by atoms with Crippen LogP contribution in [0.25, 0.3) is 0 Å². The fraction of sp³-hybridized carbons (Fsp3) is 0.417. The van der Waals surface area contributed by atoms with Crippen LogP contribution in [0.3, 0.4) is 0 Å². The van der Waals surface area contributed by atoms with Gasteiger partial charge < -0.3 is 9.84 Å². The van der Waals surface area contributed by atoms with Crippen LogP contribution in [-0.2, 0) is 21.5 Å². The Morgan fingerprint density at radius 2 is 2.29 bits per heavy atom. The van der Waals surface area contributed by atoms with E-state index >= 15 is 0 Å². The topological polar surface area (TPSA) is 95.9 Å². The van der Waals surface area contributed by atoms with E-state index < -0.39 is 16.3 Å². The van der Waals surface area contributed by atoms with Crippen molar-refractivity contribution >= 4 is 27.6 Å². The summed E-state index contributed by atoms with van der Waals surface area (Å²) in [6.07, 6.45) is -0.647. The van der Waals surface area contributed by atoms with E-state index in [4.69, 9.17) is 5.11 Å². The molecule has 1 aromatic heterocycles. The number of rotatable bonds is 5. The van der Waals surface area contributed by atoms with Crippen molar-refractivity contribution in [3.8, 4) is 11.8 Å². The smallest absolute Gasteiger partial charge is 0.421 e. The monoisotopic (exact) mass is 332 g/mol. The molecule has 0 fully saturated rings. The third kappa shape index (κ3) is 5.73. The highest BCUT2D eigenvalue weighted by Gasteiger charge is 2.21. The van der Waals surface area contributed by atoms with Gasteiger partial charge in [0.25, 0.3) is 0 Å². The van der Waals surface area contributed by atoms with Crippen molar-refractivity contribution in [1.29, 1.82) is 0 Å². The fourth-order valence-electron chi connectivity index (χ4n) is 1.28. The third-order valence-corrected chi connectivity index (χ3v) is 4.61. The first-order chi connectivity index (χ1) is 9.89. The van der Waals surface area contributed by atoms with Crippen LogP contribution < -0.4 is 4.72 Å². The second-order valence-corrected chi connectivity index (χ2v) is 6.71. The minimum Gasteiger partial charge on any atom is -0.452 e. The van der Waals surface area contributed by atoms with Crippen molar-refractivity contribution in [3.63, 3.8) is 0 Å². The molecule has 116 valence electrons. The van der Waals surface area contributed by atoms with Crippen LogP contribution in [0.2, 0.25) is 0 Å². The van der Waals surface area contributed by atoms with E-state index in [1.165, 1.54) is 18.4 Å². The molecule has 1 amide bonds. The van der Waals surface area contributed by atoms with E-state index in [2.05, 4.69) is 16.6 Å². The van der Waals surface area contributed by atoms with Crippen molar-refractivity contribution < 1.29 is 23.1 Å². The lowest BCUT2D eigenvalue weighted by atomic mass is 10.3. The predicted molar refractivity (Wildman–Crippen MR) is 78.8 cm³/mol. The lowest BCUT2D eigenvalue weighted by molar-refractivity contribution is 0.177. The van der Waals surface area contributed by atoms with E-state index in [9.17, 15) is 13.2 Å². The van der Waals surface area contributed by atoms with Crippen molar-refractivity contribution in [1.82, 2.24) is 9.03 Å². The number of hydrogen-bond donors (Lipinski definition) is 2. The third-order valence-electron chi connectivity index (χ3n) is 2.31. The van der Waals surface area contributed by atoms with Gasteiger partial charge in [0.2, 0.25) is 0 Å². The molecule has 0 saturated carbocycles. The molecular weight excluding hydrogens is 316 g/mol. The van der Waals surface area contributed by atoms with E-state index in [1.807, 2.05) is 0 Å². The van der Waals surface area contributed by atoms with Gasteiger partial charge in [0.05, 0.1) is 13.7 Å². The molecular formula is C12H16N2O5S2. The molecule has 0 aliphatic rings. The maximum absolute atomic E-state index is 11.8. The minimum atomic E-state index is -3.94. The summed E-state index contributed by atoms with van der Waals surface area (Å²) in [5.74, 6) is 5.65. The number of nitrogens with one attached hydrogen (secondary N) is 1. The number of amides is 1. The summed E-state index contributed by atoms with van der Waals surface area (Å²) in [4.78, 5) is 11.7. The maximum Gasteiger partial charge on any atom is 0.421 e. The van der Waals surface area contributed by atoms with Crippen LogP contribution >= 0.6 is 11.3 Å². The van der Waals surface area contributed by atoms with E-state index in [1.54, 1.807) is 16.2 Å². The van der Waals surface area contributed by atoms with Gasteiger partial charge in [-0.25, -0.2) is 9.52 Å².